The molecule has 1 amide bonds. The molecule has 3 aromatic rings. The van der Waals surface area contributed by atoms with Gasteiger partial charge >= 0.3 is 0 Å². The summed E-state index contributed by atoms with van der Waals surface area (Å²) in [5.41, 5.74) is 0.607. The molecular weight excluding hydrogens is 482 g/mol. The van der Waals surface area contributed by atoms with Gasteiger partial charge in [-0.2, -0.15) is 5.10 Å². The van der Waals surface area contributed by atoms with Crippen molar-refractivity contribution in [1.82, 2.24) is 9.78 Å². The lowest BCUT2D eigenvalue weighted by molar-refractivity contribution is 0.101. The fourth-order valence-corrected chi connectivity index (χ4v) is 4.61. The maximum absolute atomic E-state index is 13.0. The first-order valence-electron chi connectivity index (χ1n) is 8.48. The van der Waals surface area contributed by atoms with Crippen LogP contribution < -0.4 is 10.1 Å². The van der Waals surface area contributed by atoms with Gasteiger partial charge in [-0.05, 0) is 59.3 Å². The number of aryl methyl sites for hydroxylation is 1. The average molecular weight is 499 g/mol. The molecule has 1 aromatic heterocycles. The van der Waals surface area contributed by atoms with Crippen molar-refractivity contribution in [2.45, 2.75) is 23.3 Å². The molecule has 0 aliphatic heterocycles. The Bertz CT molecular complexity index is 1160. The fourth-order valence-electron chi connectivity index (χ4n) is 2.69. The summed E-state index contributed by atoms with van der Waals surface area (Å²) in [7, 11) is -2.42. The second kappa shape index (κ2) is 8.56. The summed E-state index contributed by atoms with van der Waals surface area (Å²) in [5.74, 6) is -0.141. The smallest absolute Gasteiger partial charge is 0.275 e. The van der Waals surface area contributed by atoms with Crippen molar-refractivity contribution < 1.29 is 17.9 Å². The maximum atomic E-state index is 13.0. The highest BCUT2D eigenvalue weighted by Gasteiger charge is 2.21. The van der Waals surface area contributed by atoms with Crippen LogP contribution in [0, 0.1) is 0 Å². The predicted molar refractivity (Wildman–Crippen MR) is 113 cm³/mol. The molecule has 0 bridgehead atoms. The van der Waals surface area contributed by atoms with E-state index in [1.807, 2.05) is 6.92 Å². The Labute approximate surface area is 181 Å². The molecule has 0 atom stereocenters. The number of methoxy groups -OCH3 is 1. The standard InChI is InChI=1S/C19H17BrClN3O4S/c1-3-24-18(17(20)11-22-24)19(25)23-13-8-14(28-2)10-16(9-13)29(26,27)15-6-4-12(21)5-7-15/h4-11H,3H2,1-2H3,(H,23,25). The Balaban J connectivity index is 2.00. The van der Waals surface area contributed by atoms with Crippen molar-refractivity contribution in [1.29, 1.82) is 0 Å². The zero-order valence-corrected chi connectivity index (χ0v) is 18.7. The molecule has 0 unspecified atom stereocenters. The Morgan fingerprint density at radius 1 is 1.21 bits per heavy atom. The molecule has 0 aliphatic carbocycles. The SMILES string of the molecule is CCn1ncc(Br)c1C(=O)Nc1cc(OC)cc(S(=O)(=O)c2ccc(Cl)cc2)c1. The molecule has 3 rings (SSSR count). The monoisotopic (exact) mass is 497 g/mol. The number of amides is 1. The summed E-state index contributed by atoms with van der Waals surface area (Å²) in [6, 6.07) is 10.2. The second-order valence-corrected chi connectivity index (χ2v) is 9.21. The molecule has 7 nitrogen and oxygen atoms in total. The molecule has 0 saturated carbocycles. The van der Waals surface area contributed by atoms with E-state index in [4.69, 9.17) is 16.3 Å². The van der Waals surface area contributed by atoms with E-state index in [0.29, 0.717) is 27.5 Å². The van der Waals surface area contributed by atoms with Gasteiger partial charge in [0.2, 0.25) is 9.84 Å². The van der Waals surface area contributed by atoms with Crippen LogP contribution in [0.2, 0.25) is 5.02 Å². The second-order valence-electron chi connectivity index (χ2n) is 5.97. The van der Waals surface area contributed by atoms with Crippen LogP contribution in [0.25, 0.3) is 0 Å². The van der Waals surface area contributed by atoms with E-state index in [1.165, 1.54) is 54.4 Å². The number of hydrogen-bond acceptors (Lipinski definition) is 5. The lowest BCUT2D eigenvalue weighted by Gasteiger charge is -2.12. The van der Waals surface area contributed by atoms with Crippen molar-refractivity contribution in [3.05, 3.63) is 63.9 Å². The van der Waals surface area contributed by atoms with Gasteiger partial charge in [-0.3, -0.25) is 9.48 Å². The molecule has 0 spiro atoms. The summed E-state index contributed by atoms with van der Waals surface area (Å²) in [5, 5.41) is 7.26. The first-order chi connectivity index (χ1) is 13.8. The van der Waals surface area contributed by atoms with Gasteiger partial charge < -0.3 is 10.1 Å². The van der Waals surface area contributed by atoms with E-state index in [1.54, 1.807) is 6.07 Å². The average Bonchev–Trinajstić information content (AvgIpc) is 3.08. The molecule has 1 N–H and O–H groups in total. The van der Waals surface area contributed by atoms with Crippen LogP contribution >= 0.6 is 27.5 Å². The molecule has 0 fully saturated rings. The third kappa shape index (κ3) is 4.47. The van der Waals surface area contributed by atoms with Crippen molar-refractivity contribution >= 4 is 49.0 Å². The third-order valence-corrected chi connectivity index (χ3v) is 6.70. The lowest BCUT2D eigenvalue weighted by Crippen LogP contribution is -2.18. The van der Waals surface area contributed by atoms with Crippen molar-refractivity contribution in [2.75, 3.05) is 12.4 Å². The van der Waals surface area contributed by atoms with Crippen LogP contribution in [-0.2, 0) is 16.4 Å². The summed E-state index contributed by atoms with van der Waals surface area (Å²) >= 11 is 9.16. The third-order valence-electron chi connectivity index (χ3n) is 4.12. The van der Waals surface area contributed by atoms with Gasteiger partial charge in [-0.1, -0.05) is 11.6 Å². The molecule has 0 radical (unpaired) electrons. The number of anilines is 1. The first-order valence-corrected chi connectivity index (χ1v) is 11.1. The molecule has 0 saturated heterocycles. The Kier molecular flexibility index (Phi) is 6.30. The largest absolute Gasteiger partial charge is 0.497 e. The highest BCUT2D eigenvalue weighted by Crippen LogP contribution is 2.29. The minimum atomic E-state index is -3.84. The number of nitrogens with zero attached hydrogens (tertiary/aromatic N) is 2. The van der Waals surface area contributed by atoms with Crippen molar-refractivity contribution in [3.8, 4) is 5.75 Å². The highest BCUT2D eigenvalue weighted by atomic mass is 79.9. The number of carbonyl (C=O) groups excluding carboxylic acids is 1. The summed E-state index contributed by atoms with van der Waals surface area (Å²) in [6.07, 6.45) is 1.53. The van der Waals surface area contributed by atoms with Gasteiger partial charge in [-0.15, -0.1) is 0 Å². The van der Waals surface area contributed by atoms with Crippen LogP contribution in [-0.4, -0.2) is 31.2 Å². The van der Waals surface area contributed by atoms with E-state index in [2.05, 4.69) is 26.3 Å². The van der Waals surface area contributed by atoms with E-state index in [9.17, 15) is 13.2 Å². The minimum absolute atomic E-state index is 0.0162. The molecule has 10 heteroatoms. The van der Waals surface area contributed by atoms with Crippen LogP contribution in [0.1, 0.15) is 17.4 Å². The number of sulfone groups is 1. The van der Waals surface area contributed by atoms with Crippen molar-refractivity contribution in [3.63, 3.8) is 0 Å². The predicted octanol–water partition coefficient (Wildman–Crippen LogP) is 4.41. The number of ether oxygens (including phenoxy) is 1. The Morgan fingerprint density at radius 2 is 1.90 bits per heavy atom. The number of halogens is 2. The molecule has 0 aliphatic rings. The van der Waals surface area contributed by atoms with Gasteiger partial charge in [0, 0.05) is 23.3 Å². The molecule has 152 valence electrons. The molecule has 29 heavy (non-hydrogen) atoms. The first kappa shape index (κ1) is 21.4. The van der Waals surface area contributed by atoms with Crippen LogP contribution in [0.5, 0.6) is 5.75 Å². The minimum Gasteiger partial charge on any atom is -0.497 e. The summed E-state index contributed by atoms with van der Waals surface area (Å²) in [6.45, 7) is 2.36. The Hall–Kier alpha value is -2.36. The fraction of sp³-hybridized carbons (Fsp3) is 0.158. The lowest BCUT2D eigenvalue weighted by atomic mass is 10.3. The van der Waals surface area contributed by atoms with Crippen LogP contribution in [0.3, 0.4) is 0 Å². The molecule has 1 heterocycles. The summed E-state index contributed by atoms with van der Waals surface area (Å²) < 4.78 is 33.3. The number of hydrogen-bond donors (Lipinski definition) is 1. The Morgan fingerprint density at radius 3 is 2.52 bits per heavy atom. The van der Waals surface area contributed by atoms with E-state index in [0.717, 1.165) is 0 Å². The molecular formula is C19H17BrClN3O4S. The van der Waals surface area contributed by atoms with Crippen LogP contribution in [0.15, 0.2) is 62.9 Å². The topological polar surface area (TPSA) is 90.3 Å². The highest BCUT2D eigenvalue weighted by molar-refractivity contribution is 9.10. The zero-order chi connectivity index (χ0) is 21.2. The van der Waals surface area contributed by atoms with E-state index >= 15 is 0 Å². The quantitative estimate of drug-likeness (QED) is 0.543. The van der Waals surface area contributed by atoms with Gasteiger partial charge in [0.05, 0.1) is 27.6 Å². The van der Waals surface area contributed by atoms with Gasteiger partial charge in [0.15, 0.2) is 0 Å². The molecule has 2 aromatic carbocycles. The normalized spacial score (nSPS) is 11.3. The number of aromatic nitrogens is 2. The van der Waals surface area contributed by atoms with Gasteiger partial charge in [0.1, 0.15) is 11.4 Å². The number of rotatable bonds is 6. The van der Waals surface area contributed by atoms with Crippen LogP contribution in [0.4, 0.5) is 5.69 Å². The van der Waals surface area contributed by atoms with Crippen molar-refractivity contribution in [2.24, 2.45) is 0 Å². The van der Waals surface area contributed by atoms with E-state index in [-0.39, 0.29) is 15.5 Å². The number of carbonyl (C=O) groups is 1. The number of nitrogens with one attached hydrogen (secondary N) is 1. The van der Waals surface area contributed by atoms with Gasteiger partial charge in [-0.25, -0.2) is 8.42 Å². The van der Waals surface area contributed by atoms with E-state index < -0.39 is 15.7 Å². The zero-order valence-electron chi connectivity index (χ0n) is 15.5. The summed E-state index contributed by atoms with van der Waals surface area (Å²) in [4.78, 5) is 12.8. The van der Waals surface area contributed by atoms with Gasteiger partial charge in [0.25, 0.3) is 5.91 Å². The number of benzene rings is 2. The maximum Gasteiger partial charge on any atom is 0.275 e.